The van der Waals surface area contributed by atoms with Crippen LogP contribution in [0.4, 0.5) is 5.82 Å². The SMILES string of the molecule is C[C@@H]1CN(c2ncnc3nc4n(c23)N(Br)CC=C4)C[C@H](C)N1C. The first-order valence-electron chi connectivity index (χ1n) is 7.86. The second-order valence-corrected chi connectivity index (χ2v) is 7.16. The Morgan fingerprint density at radius 3 is 2.65 bits per heavy atom. The minimum Gasteiger partial charge on any atom is -0.352 e. The van der Waals surface area contributed by atoms with E-state index in [0.29, 0.717) is 12.1 Å². The fraction of sp³-hybridized carbons (Fsp3) is 0.533. The lowest BCUT2D eigenvalue weighted by Gasteiger charge is -2.43. The number of halogens is 1. The van der Waals surface area contributed by atoms with E-state index in [1.54, 1.807) is 6.33 Å². The van der Waals surface area contributed by atoms with Gasteiger partial charge in [0.05, 0.1) is 22.7 Å². The van der Waals surface area contributed by atoms with Crippen LogP contribution in [-0.4, -0.2) is 63.3 Å². The molecule has 0 aromatic carbocycles. The summed E-state index contributed by atoms with van der Waals surface area (Å²) in [6.07, 6.45) is 5.72. The van der Waals surface area contributed by atoms with Crippen LogP contribution in [0.5, 0.6) is 0 Å². The molecule has 0 spiro atoms. The number of fused-ring (bicyclic) bond motifs is 3. The fourth-order valence-electron chi connectivity index (χ4n) is 3.37. The van der Waals surface area contributed by atoms with Crippen LogP contribution in [0, 0.1) is 0 Å². The van der Waals surface area contributed by atoms with Gasteiger partial charge >= 0.3 is 0 Å². The van der Waals surface area contributed by atoms with Crippen molar-refractivity contribution in [3.05, 3.63) is 18.2 Å². The van der Waals surface area contributed by atoms with E-state index in [9.17, 15) is 0 Å². The van der Waals surface area contributed by atoms with Crippen LogP contribution in [0.15, 0.2) is 12.4 Å². The Balaban J connectivity index is 1.85. The van der Waals surface area contributed by atoms with Crippen molar-refractivity contribution >= 4 is 39.2 Å². The lowest BCUT2D eigenvalue weighted by molar-refractivity contribution is 0.169. The van der Waals surface area contributed by atoms with Gasteiger partial charge in [0.15, 0.2) is 22.8 Å². The van der Waals surface area contributed by atoms with Crippen LogP contribution < -0.4 is 8.93 Å². The number of anilines is 1. The van der Waals surface area contributed by atoms with E-state index in [1.807, 2.05) is 10.1 Å². The highest BCUT2D eigenvalue weighted by Gasteiger charge is 2.30. The molecule has 2 aromatic heterocycles. The molecule has 1 saturated heterocycles. The zero-order valence-electron chi connectivity index (χ0n) is 13.5. The third-order valence-corrected chi connectivity index (χ3v) is 5.44. The van der Waals surface area contributed by atoms with Gasteiger partial charge in [0.25, 0.3) is 0 Å². The molecule has 0 radical (unpaired) electrons. The molecule has 23 heavy (non-hydrogen) atoms. The van der Waals surface area contributed by atoms with Crippen LogP contribution in [0.2, 0.25) is 0 Å². The van der Waals surface area contributed by atoms with E-state index in [1.165, 1.54) is 0 Å². The number of nitrogens with zero attached hydrogens (tertiary/aromatic N) is 7. The molecule has 2 atom stereocenters. The van der Waals surface area contributed by atoms with Crippen molar-refractivity contribution in [2.45, 2.75) is 25.9 Å². The van der Waals surface area contributed by atoms with Gasteiger partial charge in [-0.1, -0.05) is 6.08 Å². The van der Waals surface area contributed by atoms with E-state index in [2.05, 4.69) is 72.5 Å². The summed E-state index contributed by atoms with van der Waals surface area (Å²) in [5.74, 6) is 1.83. The Labute approximate surface area is 143 Å². The first-order chi connectivity index (χ1) is 11.1. The van der Waals surface area contributed by atoms with E-state index < -0.39 is 0 Å². The van der Waals surface area contributed by atoms with Gasteiger partial charge < -0.3 is 4.90 Å². The second-order valence-electron chi connectivity index (χ2n) is 6.34. The number of imidazole rings is 1. The highest BCUT2D eigenvalue weighted by Crippen LogP contribution is 2.29. The number of hydrogen-bond acceptors (Lipinski definition) is 6. The van der Waals surface area contributed by atoms with Gasteiger partial charge in [0.2, 0.25) is 0 Å². The second kappa shape index (κ2) is 5.45. The molecule has 0 N–H and O–H groups in total. The highest BCUT2D eigenvalue weighted by atomic mass is 79.9. The average molecular weight is 378 g/mol. The summed E-state index contributed by atoms with van der Waals surface area (Å²) in [5.41, 5.74) is 1.70. The molecule has 0 unspecified atom stereocenters. The maximum Gasteiger partial charge on any atom is 0.185 e. The van der Waals surface area contributed by atoms with Crippen molar-refractivity contribution < 1.29 is 0 Å². The van der Waals surface area contributed by atoms with Crippen molar-refractivity contribution in [1.29, 1.82) is 0 Å². The Morgan fingerprint density at radius 1 is 1.17 bits per heavy atom. The zero-order valence-corrected chi connectivity index (χ0v) is 15.1. The van der Waals surface area contributed by atoms with Gasteiger partial charge in [-0.05, 0) is 27.0 Å². The topological polar surface area (TPSA) is 53.3 Å². The van der Waals surface area contributed by atoms with Gasteiger partial charge in [-0.2, -0.15) is 0 Å². The molecule has 0 saturated carbocycles. The quantitative estimate of drug-likeness (QED) is 0.704. The van der Waals surface area contributed by atoms with E-state index in [-0.39, 0.29) is 0 Å². The summed E-state index contributed by atoms with van der Waals surface area (Å²) in [6.45, 7) is 7.19. The highest BCUT2D eigenvalue weighted by molar-refractivity contribution is 9.09. The van der Waals surface area contributed by atoms with E-state index in [0.717, 1.165) is 42.4 Å². The smallest absolute Gasteiger partial charge is 0.185 e. The number of piperazine rings is 1. The predicted molar refractivity (Wildman–Crippen MR) is 95.3 cm³/mol. The van der Waals surface area contributed by atoms with Crippen molar-refractivity contribution in [1.82, 2.24) is 24.5 Å². The third-order valence-electron chi connectivity index (χ3n) is 4.83. The average Bonchev–Trinajstić information content (AvgIpc) is 2.91. The Kier molecular flexibility index (Phi) is 3.53. The van der Waals surface area contributed by atoms with Crippen LogP contribution in [0.3, 0.4) is 0 Å². The molecule has 4 rings (SSSR count). The molecule has 8 heteroatoms. The van der Waals surface area contributed by atoms with Crippen molar-refractivity contribution in [3.63, 3.8) is 0 Å². The van der Waals surface area contributed by atoms with Crippen molar-refractivity contribution in [3.8, 4) is 0 Å². The van der Waals surface area contributed by atoms with Crippen LogP contribution in [-0.2, 0) is 0 Å². The summed E-state index contributed by atoms with van der Waals surface area (Å²) in [6, 6.07) is 0.958. The zero-order chi connectivity index (χ0) is 16.1. The molecule has 0 aliphatic carbocycles. The molecule has 0 amide bonds. The van der Waals surface area contributed by atoms with Crippen LogP contribution in [0.1, 0.15) is 19.7 Å². The summed E-state index contributed by atoms with van der Waals surface area (Å²) < 4.78 is 4.02. The lowest BCUT2D eigenvalue weighted by Crippen LogP contribution is -2.55. The number of rotatable bonds is 1. The summed E-state index contributed by atoms with van der Waals surface area (Å²) in [4.78, 5) is 18.4. The van der Waals surface area contributed by atoms with Gasteiger partial charge in [0.1, 0.15) is 6.33 Å². The first-order valence-corrected chi connectivity index (χ1v) is 8.57. The van der Waals surface area contributed by atoms with Crippen molar-refractivity contribution in [2.24, 2.45) is 0 Å². The molecule has 122 valence electrons. The maximum atomic E-state index is 4.63. The minimum atomic E-state index is 0.479. The summed E-state index contributed by atoms with van der Waals surface area (Å²) in [5, 5.41) is 0. The summed E-state index contributed by atoms with van der Waals surface area (Å²) >= 11 is 3.60. The van der Waals surface area contributed by atoms with Gasteiger partial charge in [-0.15, -0.1) is 0 Å². The lowest BCUT2D eigenvalue weighted by atomic mass is 10.1. The molecular formula is C15H20BrN7. The van der Waals surface area contributed by atoms with E-state index in [4.69, 9.17) is 0 Å². The maximum absolute atomic E-state index is 4.63. The molecule has 1 fully saturated rings. The summed E-state index contributed by atoms with van der Waals surface area (Å²) in [7, 11) is 2.19. The van der Waals surface area contributed by atoms with Crippen molar-refractivity contribution in [2.75, 3.05) is 35.6 Å². The van der Waals surface area contributed by atoms with Gasteiger partial charge in [-0.3, -0.25) is 4.90 Å². The number of likely N-dealkylation sites (N-methyl/N-ethyl adjacent to an activating group) is 1. The number of aromatic nitrogens is 4. The molecule has 2 aromatic rings. The third kappa shape index (κ3) is 2.31. The number of hydrogen-bond donors (Lipinski definition) is 0. The normalized spacial score (nSPS) is 25.2. The molecule has 0 bridgehead atoms. The van der Waals surface area contributed by atoms with Gasteiger partial charge in [0, 0.05) is 25.2 Å². The molecule has 2 aliphatic rings. The minimum absolute atomic E-state index is 0.479. The monoisotopic (exact) mass is 377 g/mol. The Morgan fingerprint density at radius 2 is 1.91 bits per heavy atom. The Bertz CT molecular complexity index is 759. The first kappa shape index (κ1) is 14.9. The molecular weight excluding hydrogens is 358 g/mol. The van der Waals surface area contributed by atoms with Gasteiger partial charge in [-0.25, -0.2) is 23.7 Å². The largest absolute Gasteiger partial charge is 0.352 e. The van der Waals surface area contributed by atoms with Crippen LogP contribution >= 0.6 is 16.1 Å². The fourth-order valence-corrected chi connectivity index (χ4v) is 3.85. The molecule has 4 heterocycles. The molecule has 7 nitrogen and oxygen atoms in total. The Hall–Kier alpha value is -1.67. The van der Waals surface area contributed by atoms with E-state index >= 15 is 0 Å². The van der Waals surface area contributed by atoms with Crippen LogP contribution in [0.25, 0.3) is 17.2 Å². The standard InChI is InChI=1S/C15H20BrN7/c1-10-7-21(8-11(2)20(10)3)15-13-14(17-9-18-15)19-12-5-4-6-22(16)23(12)13/h4-5,9-11H,6-8H2,1-3H3/t10-,11+. The predicted octanol–water partition coefficient (Wildman–Crippen LogP) is 1.63. The molecule has 2 aliphatic heterocycles.